The Balaban J connectivity index is 1.58. The summed E-state index contributed by atoms with van der Waals surface area (Å²) in [6.45, 7) is 1.87. The Hall–Kier alpha value is -1.82. The number of rotatable bonds is 5. The van der Waals surface area contributed by atoms with E-state index in [9.17, 15) is 4.79 Å². The largest absolute Gasteiger partial charge is 0.482 e. The summed E-state index contributed by atoms with van der Waals surface area (Å²) in [4.78, 5) is 12.1. The van der Waals surface area contributed by atoms with E-state index in [0.29, 0.717) is 27.3 Å². The van der Waals surface area contributed by atoms with Gasteiger partial charge in [-0.25, -0.2) is 0 Å². The number of nitrogens with one attached hydrogen (secondary N) is 1. The first-order chi connectivity index (χ1) is 11.9. The van der Waals surface area contributed by atoms with Gasteiger partial charge < -0.3 is 19.5 Å². The molecule has 0 aliphatic carbocycles. The SMILES string of the molecule is CC(NC(=O)COc1cc(Cl)c(Cl)cc1Cl)c1ccc2c(c1)OCO2. The molecule has 0 saturated carbocycles. The van der Waals surface area contributed by atoms with Gasteiger partial charge in [0.1, 0.15) is 5.75 Å². The molecule has 5 nitrogen and oxygen atoms in total. The predicted molar refractivity (Wildman–Crippen MR) is 96.1 cm³/mol. The van der Waals surface area contributed by atoms with Crippen molar-refractivity contribution in [3.63, 3.8) is 0 Å². The van der Waals surface area contributed by atoms with Gasteiger partial charge in [0, 0.05) is 6.07 Å². The van der Waals surface area contributed by atoms with E-state index in [0.717, 1.165) is 5.56 Å². The molecule has 25 heavy (non-hydrogen) atoms. The van der Waals surface area contributed by atoms with Crippen LogP contribution in [-0.2, 0) is 4.79 Å². The molecule has 1 aliphatic heterocycles. The molecule has 1 heterocycles. The molecule has 0 saturated heterocycles. The van der Waals surface area contributed by atoms with Crippen LogP contribution in [0.1, 0.15) is 18.5 Å². The molecule has 0 bridgehead atoms. The second-order valence-corrected chi connectivity index (χ2v) is 6.61. The Morgan fingerprint density at radius 3 is 2.64 bits per heavy atom. The Bertz CT molecular complexity index is 813. The van der Waals surface area contributed by atoms with Crippen LogP contribution in [0.4, 0.5) is 0 Å². The average molecular weight is 403 g/mol. The Kier molecular flexibility index (Phi) is 5.47. The van der Waals surface area contributed by atoms with Crippen LogP contribution in [0.2, 0.25) is 15.1 Å². The molecular weight excluding hydrogens is 389 g/mol. The third-order valence-corrected chi connectivity index (χ3v) is 4.63. The molecule has 3 rings (SSSR count). The molecular formula is C17H14Cl3NO4. The summed E-state index contributed by atoms with van der Waals surface area (Å²) < 4.78 is 16.0. The summed E-state index contributed by atoms with van der Waals surface area (Å²) in [6, 6.07) is 8.23. The summed E-state index contributed by atoms with van der Waals surface area (Å²) >= 11 is 17.8. The molecule has 0 fully saturated rings. The quantitative estimate of drug-likeness (QED) is 0.741. The topological polar surface area (TPSA) is 56.8 Å². The van der Waals surface area contributed by atoms with Crippen LogP contribution in [-0.4, -0.2) is 19.3 Å². The lowest BCUT2D eigenvalue weighted by Gasteiger charge is -2.15. The maximum Gasteiger partial charge on any atom is 0.258 e. The number of hydrogen-bond acceptors (Lipinski definition) is 4. The van der Waals surface area contributed by atoms with Crippen LogP contribution in [0.25, 0.3) is 0 Å². The van der Waals surface area contributed by atoms with Gasteiger partial charge in [-0.15, -0.1) is 0 Å². The maximum atomic E-state index is 12.1. The highest BCUT2D eigenvalue weighted by atomic mass is 35.5. The fourth-order valence-electron chi connectivity index (χ4n) is 2.31. The van der Waals surface area contributed by atoms with Crippen LogP contribution >= 0.6 is 34.8 Å². The van der Waals surface area contributed by atoms with Crippen molar-refractivity contribution >= 4 is 40.7 Å². The molecule has 8 heteroatoms. The number of benzene rings is 2. The normalized spacial score (nSPS) is 13.4. The molecule has 0 aromatic heterocycles. The number of ether oxygens (including phenoxy) is 3. The summed E-state index contributed by atoms with van der Waals surface area (Å²) in [5.74, 6) is 1.35. The minimum atomic E-state index is -0.299. The fourth-order valence-corrected chi connectivity index (χ4v) is 2.90. The van der Waals surface area contributed by atoms with Gasteiger partial charge in [-0.1, -0.05) is 40.9 Å². The number of amides is 1. The summed E-state index contributed by atoms with van der Waals surface area (Å²) in [7, 11) is 0. The van der Waals surface area contributed by atoms with Crippen LogP contribution in [0.15, 0.2) is 30.3 Å². The molecule has 2 aromatic carbocycles. The first-order valence-electron chi connectivity index (χ1n) is 7.40. The molecule has 1 amide bonds. The summed E-state index contributed by atoms with van der Waals surface area (Å²) in [5.41, 5.74) is 0.894. The number of carbonyl (C=O) groups is 1. The van der Waals surface area contributed by atoms with E-state index in [1.807, 2.05) is 25.1 Å². The first-order valence-corrected chi connectivity index (χ1v) is 8.53. The highest BCUT2D eigenvalue weighted by molar-refractivity contribution is 6.43. The average Bonchev–Trinajstić information content (AvgIpc) is 3.04. The van der Waals surface area contributed by atoms with E-state index in [2.05, 4.69) is 5.32 Å². The standard InChI is InChI=1S/C17H14Cl3NO4/c1-9(10-2-3-14-16(4-10)25-8-24-14)21-17(22)7-23-15-6-12(19)11(18)5-13(15)20/h2-6,9H,7-8H2,1H3,(H,21,22). The lowest BCUT2D eigenvalue weighted by molar-refractivity contribution is -0.123. The van der Waals surface area contributed by atoms with Gasteiger partial charge in [-0.3, -0.25) is 4.79 Å². The van der Waals surface area contributed by atoms with Crippen LogP contribution in [0.5, 0.6) is 17.2 Å². The van der Waals surface area contributed by atoms with Crippen molar-refractivity contribution in [2.45, 2.75) is 13.0 Å². The zero-order valence-electron chi connectivity index (χ0n) is 13.1. The number of fused-ring (bicyclic) bond motifs is 1. The Morgan fingerprint density at radius 1 is 1.12 bits per heavy atom. The molecule has 132 valence electrons. The van der Waals surface area contributed by atoms with Gasteiger partial charge in [0.05, 0.1) is 21.1 Å². The van der Waals surface area contributed by atoms with Crippen molar-refractivity contribution < 1.29 is 19.0 Å². The minimum absolute atomic E-state index is 0.202. The fraction of sp³-hybridized carbons (Fsp3) is 0.235. The van der Waals surface area contributed by atoms with Crippen molar-refractivity contribution in [3.05, 3.63) is 51.0 Å². The molecule has 1 aliphatic rings. The Morgan fingerprint density at radius 2 is 1.84 bits per heavy atom. The predicted octanol–water partition coefficient (Wildman–Crippen LogP) is 4.63. The maximum absolute atomic E-state index is 12.1. The smallest absolute Gasteiger partial charge is 0.258 e. The zero-order valence-corrected chi connectivity index (χ0v) is 15.4. The number of hydrogen-bond donors (Lipinski definition) is 1. The number of carbonyl (C=O) groups excluding carboxylic acids is 1. The monoisotopic (exact) mass is 401 g/mol. The van der Waals surface area contributed by atoms with E-state index in [4.69, 9.17) is 49.0 Å². The van der Waals surface area contributed by atoms with Gasteiger partial charge >= 0.3 is 0 Å². The van der Waals surface area contributed by atoms with Crippen LogP contribution in [0.3, 0.4) is 0 Å². The van der Waals surface area contributed by atoms with E-state index in [1.54, 1.807) is 0 Å². The summed E-state index contributed by atoms with van der Waals surface area (Å²) in [6.07, 6.45) is 0. The van der Waals surface area contributed by atoms with Gasteiger partial charge in [0.2, 0.25) is 6.79 Å². The van der Waals surface area contributed by atoms with Crippen molar-refractivity contribution in [3.8, 4) is 17.2 Å². The van der Waals surface area contributed by atoms with Crippen molar-refractivity contribution in [1.29, 1.82) is 0 Å². The van der Waals surface area contributed by atoms with Gasteiger partial charge in [-0.2, -0.15) is 0 Å². The highest BCUT2D eigenvalue weighted by Crippen LogP contribution is 2.35. The lowest BCUT2D eigenvalue weighted by Crippen LogP contribution is -2.31. The molecule has 0 spiro atoms. The van der Waals surface area contributed by atoms with Crippen molar-refractivity contribution in [2.24, 2.45) is 0 Å². The molecule has 0 radical (unpaired) electrons. The molecule has 1 atom stereocenters. The third-order valence-electron chi connectivity index (χ3n) is 3.61. The molecule has 2 aromatic rings. The van der Waals surface area contributed by atoms with Gasteiger partial charge in [0.15, 0.2) is 18.1 Å². The first kappa shape index (κ1) is 18.0. The number of halogens is 3. The van der Waals surface area contributed by atoms with Crippen molar-refractivity contribution in [1.82, 2.24) is 5.32 Å². The van der Waals surface area contributed by atoms with Gasteiger partial charge in [-0.05, 0) is 30.7 Å². The summed E-state index contributed by atoms with van der Waals surface area (Å²) in [5, 5.41) is 3.74. The van der Waals surface area contributed by atoms with E-state index < -0.39 is 0 Å². The van der Waals surface area contributed by atoms with E-state index in [-0.39, 0.29) is 30.4 Å². The second-order valence-electron chi connectivity index (χ2n) is 5.39. The minimum Gasteiger partial charge on any atom is -0.482 e. The third kappa shape index (κ3) is 4.24. The highest BCUT2D eigenvalue weighted by Gasteiger charge is 2.17. The molecule has 1 unspecified atom stereocenters. The van der Waals surface area contributed by atoms with Crippen LogP contribution in [0, 0.1) is 0 Å². The second kappa shape index (κ2) is 7.60. The molecule has 1 N–H and O–H groups in total. The lowest BCUT2D eigenvalue weighted by atomic mass is 10.1. The van der Waals surface area contributed by atoms with E-state index >= 15 is 0 Å². The zero-order chi connectivity index (χ0) is 18.0. The van der Waals surface area contributed by atoms with Gasteiger partial charge in [0.25, 0.3) is 5.91 Å². The van der Waals surface area contributed by atoms with Crippen molar-refractivity contribution in [2.75, 3.05) is 13.4 Å². The van der Waals surface area contributed by atoms with E-state index in [1.165, 1.54) is 12.1 Å². The van der Waals surface area contributed by atoms with Crippen LogP contribution < -0.4 is 19.5 Å². The Labute approximate surface area is 159 Å².